The second-order valence-electron chi connectivity index (χ2n) is 4.60. The summed E-state index contributed by atoms with van der Waals surface area (Å²) in [5.74, 6) is 0. The van der Waals surface area contributed by atoms with Gasteiger partial charge in [0.2, 0.25) is 0 Å². The number of hydrogen-bond acceptors (Lipinski definition) is 0. The molecule has 104 valence electrons. The standard InChI is InChI=1S/C15H20N2.2BrH/c1-16-10-6-14(7-11-16)4-3-5-15-8-12-17(2)13-9-15;;/h6-13H,3-5H2,1-2H3;2*1H/q+2;;/p-2. The van der Waals surface area contributed by atoms with E-state index in [1.54, 1.807) is 0 Å². The number of hydrogen-bond donors (Lipinski definition) is 0. The summed E-state index contributed by atoms with van der Waals surface area (Å²) < 4.78 is 4.14. The second-order valence-corrected chi connectivity index (χ2v) is 4.60. The zero-order valence-electron chi connectivity index (χ0n) is 11.4. The lowest BCUT2D eigenvalue weighted by molar-refractivity contribution is -0.671. The molecule has 0 unspecified atom stereocenters. The van der Waals surface area contributed by atoms with Gasteiger partial charge in [-0.2, -0.15) is 0 Å². The van der Waals surface area contributed by atoms with E-state index in [9.17, 15) is 0 Å². The first-order valence-electron chi connectivity index (χ1n) is 6.12. The minimum atomic E-state index is 0. The highest BCUT2D eigenvalue weighted by Crippen LogP contribution is 2.05. The van der Waals surface area contributed by atoms with E-state index in [1.165, 1.54) is 17.5 Å². The Morgan fingerprint density at radius 1 is 0.684 bits per heavy atom. The fraction of sp³-hybridized carbons (Fsp3) is 0.333. The lowest BCUT2D eigenvalue weighted by Gasteiger charge is -2.00. The van der Waals surface area contributed by atoms with E-state index in [0.717, 1.165) is 12.8 Å². The Bertz CT molecular complexity index is 421. The van der Waals surface area contributed by atoms with Crippen LogP contribution < -0.4 is 43.1 Å². The summed E-state index contributed by atoms with van der Waals surface area (Å²) >= 11 is 0. The first-order valence-corrected chi connectivity index (χ1v) is 6.12. The molecule has 0 aromatic carbocycles. The predicted molar refractivity (Wildman–Crippen MR) is 67.3 cm³/mol. The average Bonchev–Trinajstić information content (AvgIpc) is 2.34. The van der Waals surface area contributed by atoms with E-state index in [1.807, 2.05) is 14.1 Å². The Morgan fingerprint density at radius 3 is 1.32 bits per heavy atom. The lowest BCUT2D eigenvalue weighted by atomic mass is 10.1. The second kappa shape index (κ2) is 9.21. The molecule has 0 atom stereocenters. The van der Waals surface area contributed by atoms with E-state index in [-0.39, 0.29) is 34.0 Å². The number of halogens is 2. The van der Waals surface area contributed by atoms with Gasteiger partial charge in [0, 0.05) is 24.3 Å². The van der Waals surface area contributed by atoms with Gasteiger partial charge in [-0.05, 0) is 30.4 Å². The third kappa shape index (κ3) is 6.30. The van der Waals surface area contributed by atoms with Crippen molar-refractivity contribution in [2.45, 2.75) is 19.3 Å². The van der Waals surface area contributed by atoms with Crippen molar-refractivity contribution < 1.29 is 43.1 Å². The van der Waals surface area contributed by atoms with Crippen molar-refractivity contribution in [3.63, 3.8) is 0 Å². The van der Waals surface area contributed by atoms with Gasteiger partial charge in [-0.3, -0.25) is 0 Å². The SMILES string of the molecule is C[n+]1ccc(CCCc2cc[n+](C)cc2)cc1.[Br-].[Br-]. The highest BCUT2D eigenvalue weighted by atomic mass is 79.9. The van der Waals surface area contributed by atoms with Gasteiger partial charge in [-0.1, -0.05) is 0 Å². The van der Waals surface area contributed by atoms with Crippen LogP contribution in [0.2, 0.25) is 0 Å². The first kappa shape index (κ1) is 18.3. The van der Waals surface area contributed by atoms with Crippen LogP contribution in [0.15, 0.2) is 49.1 Å². The normalized spacial score (nSPS) is 9.37. The Morgan fingerprint density at radius 2 is 1.00 bits per heavy atom. The molecule has 0 spiro atoms. The molecule has 19 heavy (non-hydrogen) atoms. The van der Waals surface area contributed by atoms with Crippen LogP contribution >= 0.6 is 0 Å². The van der Waals surface area contributed by atoms with Gasteiger partial charge in [0.1, 0.15) is 14.1 Å². The molecule has 0 aliphatic carbocycles. The van der Waals surface area contributed by atoms with E-state index < -0.39 is 0 Å². The molecule has 2 rings (SSSR count). The Hall–Kier alpha value is -0.740. The molecule has 0 aliphatic rings. The summed E-state index contributed by atoms with van der Waals surface area (Å²) in [5.41, 5.74) is 2.84. The summed E-state index contributed by atoms with van der Waals surface area (Å²) in [6.45, 7) is 0. The van der Waals surface area contributed by atoms with Gasteiger partial charge < -0.3 is 34.0 Å². The van der Waals surface area contributed by atoms with E-state index in [0.29, 0.717) is 0 Å². The topological polar surface area (TPSA) is 7.76 Å². The molecule has 0 amide bonds. The van der Waals surface area contributed by atoms with E-state index in [4.69, 9.17) is 0 Å². The van der Waals surface area contributed by atoms with Crippen LogP contribution in [0.1, 0.15) is 17.5 Å². The maximum absolute atomic E-state index is 2.20. The lowest BCUT2D eigenvalue weighted by Crippen LogP contribution is -3.00. The molecule has 4 heteroatoms. The number of pyridine rings is 2. The van der Waals surface area contributed by atoms with Crippen LogP contribution in [0.5, 0.6) is 0 Å². The fourth-order valence-corrected chi connectivity index (χ4v) is 1.89. The first-order chi connectivity index (χ1) is 8.24. The van der Waals surface area contributed by atoms with Crippen LogP contribution in [0.25, 0.3) is 0 Å². The van der Waals surface area contributed by atoms with Crippen LogP contribution in [-0.4, -0.2) is 0 Å². The molecular formula is C15H20Br2N2. The molecule has 0 saturated heterocycles. The molecule has 0 bridgehead atoms. The van der Waals surface area contributed by atoms with Crippen molar-refractivity contribution in [2.75, 3.05) is 0 Å². The van der Waals surface area contributed by atoms with Crippen LogP contribution in [-0.2, 0) is 26.9 Å². The summed E-state index contributed by atoms with van der Waals surface area (Å²) in [7, 11) is 4.10. The van der Waals surface area contributed by atoms with Crippen molar-refractivity contribution in [2.24, 2.45) is 14.1 Å². The quantitative estimate of drug-likeness (QED) is 0.467. The zero-order valence-corrected chi connectivity index (χ0v) is 14.6. The molecule has 0 saturated carbocycles. The van der Waals surface area contributed by atoms with E-state index >= 15 is 0 Å². The number of aryl methyl sites for hydroxylation is 4. The summed E-state index contributed by atoms with van der Waals surface area (Å²) in [6, 6.07) is 8.80. The summed E-state index contributed by atoms with van der Waals surface area (Å²) in [5, 5.41) is 0. The predicted octanol–water partition coefficient (Wildman–Crippen LogP) is -4.48. The van der Waals surface area contributed by atoms with Gasteiger partial charge >= 0.3 is 0 Å². The number of nitrogens with zero attached hydrogens (tertiary/aromatic N) is 2. The fourth-order valence-electron chi connectivity index (χ4n) is 1.89. The molecule has 2 aromatic rings. The largest absolute Gasteiger partial charge is 1.00 e. The average molecular weight is 388 g/mol. The minimum Gasteiger partial charge on any atom is -1.00 e. The van der Waals surface area contributed by atoms with Crippen molar-refractivity contribution in [3.8, 4) is 0 Å². The summed E-state index contributed by atoms with van der Waals surface area (Å²) in [4.78, 5) is 0. The molecule has 0 fully saturated rings. The molecule has 2 aromatic heterocycles. The summed E-state index contributed by atoms with van der Waals surface area (Å²) in [6.07, 6.45) is 12.0. The van der Waals surface area contributed by atoms with Crippen LogP contribution in [0.3, 0.4) is 0 Å². The van der Waals surface area contributed by atoms with Crippen molar-refractivity contribution >= 4 is 0 Å². The van der Waals surface area contributed by atoms with E-state index in [2.05, 4.69) is 58.2 Å². The van der Waals surface area contributed by atoms with Crippen LogP contribution in [0, 0.1) is 0 Å². The van der Waals surface area contributed by atoms with Gasteiger partial charge in [0.15, 0.2) is 24.8 Å². The number of rotatable bonds is 4. The molecular weight excluding hydrogens is 368 g/mol. The van der Waals surface area contributed by atoms with Gasteiger partial charge in [-0.25, -0.2) is 9.13 Å². The smallest absolute Gasteiger partial charge is 0.168 e. The van der Waals surface area contributed by atoms with Gasteiger partial charge in [0.25, 0.3) is 0 Å². The zero-order chi connectivity index (χ0) is 12.1. The third-order valence-electron chi connectivity index (χ3n) is 3.03. The molecule has 0 radical (unpaired) electrons. The van der Waals surface area contributed by atoms with Gasteiger partial charge in [0.05, 0.1) is 0 Å². The highest BCUT2D eigenvalue weighted by molar-refractivity contribution is 5.10. The molecule has 2 nitrogen and oxygen atoms in total. The molecule has 2 heterocycles. The Labute approximate surface area is 136 Å². The third-order valence-corrected chi connectivity index (χ3v) is 3.03. The minimum absolute atomic E-state index is 0. The Kier molecular flexibility index (Phi) is 8.85. The van der Waals surface area contributed by atoms with Crippen molar-refractivity contribution in [1.82, 2.24) is 0 Å². The molecule has 0 N–H and O–H groups in total. The maximum atomic E-state index is 2.20. The van der Waals surface area contributed by atoms with Crippen molar-refractivity contribution in [3.05, 3.63) is 60.2 Å². The maximum Gasteiger partial charge on any atom is 0.168 e. The van der Waals surface area contributed by atoms with Crippen molar-refractivity contribution in [1.29, 1.82) is 0 Å². The van der Waals surface area contributed by atoms with Crippen LogP contribution in [0.4, 0.5) is 0 Å². The Balaban J connectivity index is 0.00000162. The monoisotopic (exact) mass is 386 g/mol. The molecule has 0 aliphatic heterocycles. The van der Waals surface area contributed by atoms with Gasteiger partial charge in [-0.15, -0.1) is 0 Å². The highest BCUT2D eigenvalue weighted by Gasteiger charge is 1.99. The number of aromatic nitrogens is 2.